The molecule has 0 spiro atoms. The zero-order chi connectivity index (χ0) is 25.7. The van der Waals surface area contributed by atoms with Crippen LogP contribution in [0.2, 0.25) is 0 Å². The van der Waals surface area contributed by atoms with E-state index in [1.807, 2.05) is 49.4 Å². The molecule has 1 heterocycles. The number of hydrogen-bond acceptors (Lipinski definition) is 4. The zero-order valence-corrected chi connectivity index (χ0v) is 21.8. The van der Waals surface area contributed by atoms with Gasteiger partial charge in [0.15, 0.2) is 0 Å². The van der Waals surface area contributed by atoms with Crippen LogP contribution in [0, 0.1) is 26.6 Å². The van der Waals surface area contributed by atoms with Gasteiger partial charge in [0.1, 0.15) is 23.9 Å². The number of halogens is 2. The number of ether oxygens (including phenoxy) is 2. The minimum Gasteiger partial charge on any atom is -0.489 e. The molecule has 1 N–H and O–H groups in total. The Labute approximate surface area is 222 Å². The van der Waals surface area contributed by atoms with Crippen LogP contribution in [-0.4, -0.2) is 16.1 Å². The van der Waals surface area contributed by atoms with Crippen LogP contribution in [-0.2, 0) is 17.8 Å². The number of hydrogen-bond donors (Lipinski definition) is 1. The molecule has 3 aromatic carbocycles. The quantitative estimate of drug-likeness (QED) is 0.245. The summed E-state index contributed by atoms with van der Waals surface area (Å²) in [4.78, 5) is 15.1. The predicted molar refractivity (Wildman–Crippen MR) is 144 cm³/mol. The van der Waals surface area contributed by atoms with Crippen LogP contribution < -0.4 is 9.47 Å². The molecule has 4 aromatic rings. The number of aryl methyl sites for hydroxylation is 4. The second-order valence-electron chi connectivity index (χ2n) is 8.79. The molecular formula is C30H29ClFNO4. The van der Waals surface area contributed by atoms with Crippen LogP contribution in [0.25, 0.3) is 11.1 Å². The standard InChI is InChI=1S/C30H28FNO4.ClH/c1-19-14-26(36-28-9-4-6-21(3)32-28)15-20(2)30(19)24-8-5-7-22(16-24)18-35-25-12-10-23(27(31)17-25)11-13-29(33)34;/h4-10,12,14-17H,11,13,18H2,1-3H3,(H,33,34);1H. The van der Waals surface area contributed by atoms with Crippen LogP contribution in [0.15, 0.2) is 72.8 Å². The van der Waals surface area contributed by atoms with Gasteiger partial charge in [-0.2, -0.15) is 0 Å². The van der Waals surface area contributed by atoms with Crippen molar-refractivity contribution < 1.29 is 23.8 Å². The van der Waals surface area contributed by atoms with Crippen molar-refractivity contribution in [3.63, 3.8) is 0 Å². The normalized spacial score (nSPS) is 10.5. The van der Waals surface area contributed by atoms with Crippen LogP contribution in [0.1, 0.15) is 34.4 Å². The Hall–Kier alpha value is -3.90. The molecule has 1 aromatic heterocycles. The van der Waals surface area contributed by atoms with E-state index in [0.29, 0.717) is 17.2 Å². The second kappa shape index (κ2) is 12.4. The highest BCUT2D eigenvalue weighted by molar-refractivity contribution is 5.85. The van der Waals surface area contributed by atoms with Gasteiger partial charge in [-0.1, -0.05) is 30.3 Å². The highest BCUT2D eigenvalue weighted by atomic mass is 35.5. The topological polar surface area (TPSA) is 68.7 Å². The smallest absolute Gasteiger partial charge is 0.303 e. The Morgan fingerprint density at radius 2 is 1.65 bits per heavy atom. The maximum Gasteiger partial charge on any atom is 0.303 e. The first-order valence-corrected chi connectivity index (χ1v) is 11.7. The average molecular weight is 522 g/mol. The molecule has 0 radical (unpaired) electrons. The predicted octanol–water partition coefficient (Wildman–Crippen LogP) is 7.62. The van der Waals surface area contributed by atoms with Crippen molar-refractivity contribution in [1.82, 2.24) is 4.98 Å². The summed E-state index contributed by atoms with van der Waals surface area (Å²) in [6.45, 7) is 6.31. The lowest BCUT2D eigenvalue weighted by Gasteiger charge is -2.15. The van der Waals surface area contributed by atoms with Gasteiger partial charge in [-0.15, -0.1) is 12.4 Å². The van der Waals surface area contributed by atoms with Gasteiger partial charge in [-0.3, -0.25) is 4.79 Å². The highest BCUT2D eigenvalue weighted by Gasteiger charge is 2.11. The number of pyridine rings is 1. The number of rotatable bonds is 9. The van der Waals surface area contributed by atoms with Gasteiger partial charge < -0.3 is 14.6 Å². The maximum absolute atomic E-state index is 14.3. The van der Waals surface area contributed by atoms with E-state index in [9.17, 15) is 9.18 Å². The van der Waals surface area contributed by atoms with Crippen molar-refractivity contribution in [2.75, 3.05) is 0 Å². The lowest BCUT2D eigenvalue weighted by Crippen LogP contribution is -2.01. The lowest BCUT2D eigenvalue weighted by molar-refractivity contribution is -0.136. The van der Waals surface area contributed by atoms with E-state index in [1.54, 1.807) is 12.1 Å². The summed E-state index contributed by atoms with van der Waals surface area (Å²) < 4.78 is 26.1. The van der Waals surface area contributed by atoms with Gasteiger partial charge in [0, 0.05) is 24.2 Å². The molecule has 0 saturated carbocycles. The van der Waals surface area contributed by atoms with E-state index >= 15 is 0 Å². The number of carboxylic acid groups (broad SMARTS) is 1. The number of aromatic nitrogens is 1. The summed E-state index contributed by atoms with van der Waals surface area (Å²) in [5.74, 6) is 0.283. The zero-order valence-electron chi connectivity index (χ0n) is 21.0. The van der Waals surface area contributed by atoms with Crippen molar-refractivity contribution in [3.8, 4) is 28.5 Å². The van der Waals surface area contributed by atoms with Crippen LogP contribution >= 0.6 is 12.4 Å². The van der Waals surface area contributed by atoms with Crippen LogP contribution in [0.5, 0.6) is 17.4 Å². The maximum atomic E-state index is 14.3. The Morgan fingerprint density at radius 3 is 2.32 bits per heavy atom. The SMILES string of the molecule is Cc1cccc(Oc2cc(C)c(-c3cccc(COc4ccc(CCC(=O)O)c(F)c4)c3)c(C)c2)n1.Cl. The molecule has 0 saturated heterocycles. The fourth-order valence-electron chi connectivity index (χ4n) is 4.18. The van der Waals surface area contributed by atoms with Gasteiger partial charge >= 0.3 is 5.97 Å². The van der Waals surface area contributed by atoms with Crippen LogP contribution in [0.3, 0.4) is 0 Å². The van der Waals surface area contributed by atoms with Crippen molar-refractivity contribution in [3.05, 3.63) is 107 Å². The summed E-state index contributed by atoms with van der Waals surface area (Å²) in [5.41, 5.74) is 6.55. The molecule has 37 heavy (non-hydrogen) atoms. The third-order valence-electron chi connectivity index (χ3n) is 5.85. The van der Waals surface area contributed by atoms with Crippen molar-refractivity contribution >= 4 is 18.4 Å². The average Bonchev–Trinajstić information content (AvgIpc) is 2.82. The molecule has 0 amide bonds. The Morgan fingerprint density at radius 1 is 0.919 bits per heavy atom. The first kappa shape index (κ1) is 27.7. The van der Waals surface area contributed by atoms with E-state index in [4.69, 9.17) is 14.6 Å². The molecule has 0 aliphatic carbocycles. The fourth-order valence-corrected chi connectivity index (χ4v) is 4.18. The van der Waals surface area contributed by atoms with Crippen molar-refractivity contribution in [2.24, 2.45) is 0 Å². The lowest BCUT2D eigenvalue weighted by atomic mass is 9.94. The third-order valence-corrected chi connectivity index (χ3v) is 5.85. The molecule has 0 aliphatic rings. The van der Waals surface area contributed by atoms with Gasteiger partial charge in [0.2, 0.25) is 5.88 Å². The highest BCUT2D eigenvalue weighted by Crippen LogP contribution is 2.33. The molecule has 4 rings (SSSR count). The fraction of sp³-hybridized carbons (Fsp3) is 0.200. The molecule has 0 bridgehead atoms. The van der Waals surface area contributed by atoms with Gasteiger partial charge in [0.25, 0.3) is 0 Å². The minimum absolute atomic E-state index is 0. The van der Waals surface area contributed by atoms with Crippen molar-refractivity contribution in [2.45, 2.75) is 40.2 Å². The molecular weight excluding hydrogens is 493 g/mol. The van der Waals surface area contributed by atoms with Crippen molar-refractivity contribution in [1.29, 1.82) is 0 Å². The van der Waals surface area contributed by atoms with E-state index in [-0.39, 0.29) is 31.9 Å². The summed E-state index contributed by atoms with van der Waals surface area (Å²) >= 11 is 0. The largest absolute Gasteiger partial charge is 0.489 e. The second-order valence-corrected chi connectivity index (χ2v) is 8.79. The molecule has 0 fully saturated rings. The monoisotopic (exact) mass is 521 g/mol. The van der Waals surface area contributed by atoms with Crippen LogP contribution in [0.4, 0.5) is 4.39 Å². The summed E-state index contributed by atoms with van der Waals surface area (Å²) in [7, 11) is 0. The van der Waals surface area contributed by atoms with Gasteiger partial charge in [-0.25, -0.2) is 9.37 Å². The number of nitrogens with zero attached hydrogens (tertiary/aromatic N) is 1. The number of carbonyl (C=O) groups is 1. The molecule has 5 nitrogen and oxygen atoms in total. The Balaban J connectivity index is 0.00000380. The molecule has 0 atom stereocenters. The molecule has 0 unspecified atom stereocenters. The molecule has 0 aliphatic heterocycles. The Bertz CT molecular complexity index is 1380. The first-order valence-electron chi connectivity index (χ1n) is 11.7. The van der Waals surface area contributed by atoms with E-state index in [0.717, 1.165) is 39.3 Å². The molecule has 7 heteroatoms. The molecule has 192 valence electrons. The van der Waals surface area contributed by atoms with E-state index in [2.05, 4.69) is 31.0 Å². The number of carboxylic acids is 1. The summed E-state index contributed by atoms with van der Waals surface area (Å²) in [6, 6.07) is 22.3. The van der Waals surface area contributed by atoms with Gasteiger partial charge in [-0.05, 0) is 90.9 Å². The first-order chi connectivity index (χ1) is 17.3. The van der Waals surface area contributed by atoms with E-state index in [1.165, 1.54) is 6.07 Å². The third kappa shape index (κ3) is 7.30. The van der Waals surface area contributed by atoms with Gasteiger partial charge in [0.05, 0.1) is 0 Å². The summed E-state index contributed by atoms with van der Waals surface area (Å²) in [5, 5.41) is 8.80. The summed E-state index contributed by atoms with van der Waals surface area (Å²) in [6.07, 6.45) is 0.0339. The Kier molecular flexibility index (Phi) is 9.25. The number of aliphatic carboxylic acids is 1. The number of benzene rings is 3. The minimum atomic E-state index is -0.953. The van der Waals surface area contributed by atoms with E-state index < -0.39 is 11.8 Å².